The van der Waals surface area contributed by atoms with Crippen molar-refractivity contribution in [2.75, 3.05) is 11.5 Å². The first-order valence-electron chi connectivity index (χ1n) is 7.99. The second-order valence-electron chi connectivity index (χ2n) is 5.58. The van der Waals surface area contributed by atoms with Gasteiger partial charge in [-0.15, -0.1) is 0 Å². The van der Waals surface area contributed by atoms with Gasteiger partial charge in [0.15, 0.2) is 15.8 Å². The SMILES string of the molecule is CCOc1cc(/C=C2/SC(=S)N(c3cccc([N+](=O)[O-])c3)C2=O)cc(Cl)c1O. The maximum absolute atomic E-state index is 12.8. The van der Waals surface area contributed by atoms with E-state index in [9.17, 15) is 20.0 Å². The molecule has 0 unspecified atom stereocenters. The van der Waals surface area contributed by atoms with Crippen LogP contribution in [0.2, 0.25) is 5.02 Å². The molecule has 0 atom stereocenters. The Morgan fingerprint density at radius 2 is 2.14 bits per heavy atom. The van der Waals surface area contributed by atoms with Crippen LogP contribution in [0.25, 0.3) is 6.08 Å². The molecule has 2 aromatic carbocycles. The largest absolute Gasteiger partial charge is 0.503 e. The van der Waals surface area contributed by atoms with Crippen LogP contribution in [0, 0.1) is 10.1 Å². The predicted octanol–water partition coefficient (Wildman–Crippen LogP) is 4.76. The minimum Gasteiger partial charge on any atom is -0.503 e. The Morgan fingerprint density at radius 1 is 1.39 bits per heavy atom. The van der Waals surface area contributed by atoms with Gasteiger partial charge in [0.1, 0.15) is 0 Å². The van der Waals surface area contributed by atoms with Gasteiger partial charge in [0, 0.05) is 12.1 Å². The number of phenols is 1. The van der Waals surface area contributed by atoms with Crippen molar-refractivity contribution in [3.8, 4) is 11.5 Å². The lowest BCUT2D eigenvalue weighted by atomic mass is 10.1. The molecule has 0 bridgehead atoms. The summed E-state index contributed by atoms with van der Waals surface area (Å²) in [5, 5.41) is 21.0. The number of halogens is 1. The predicted molar refractivity (Wildman–Crippen MR) is 113 cm³/mol. The molecule has 1 fully saturated rings. The van der Waals surface area contributed by atoms with Gasteiger partial charge >= 0.3 is 0 Å². The number of carbonyl (C=O) groups excluding carboxylic acids is 1. The number of anilines is 1. The molecular weight excluding hydrogens is 424 g/mol. The molecule has 7 nitrogen and oxygen atoms in total. The number of rotatable bonds is 5. The standard InChI is InChI=1S/C18H13ClN2O5S2/c1-2-26-14-7-10(6-13(19)16(14)22)8-15-17(23)20(18(27)28-15)11-4-3-5-12(9-11)21(24)25/h3-9,22H,2H2,1H3/b15-8+. The van der Waals surface area contributed by atoms with Crippen molar-refractivity contribution < 1.29 is 19.6 Å². The number of thiocarbonyl (C=S) groups is 1. The lowest BCUT2D eigenvalue weighted by molar-refractivity contribution is -0.384. The molecule has 3 rings (SSSR count). The highest BCUT2D eigenvalue weighted by atomic mass is 35.5. The van der Waals surface area contributed by atoms with Crippen molar-refractivity contribution in [3.05, 3.63) is 62.0 Å². The first kappa shape index (κ1) is 20.1. The third-order valence-electron chi connectivity index (χ3n) is 3.74. The van der Waals surface area contributed by atoms with Gasteiger partial charge in [-0.25, -0.2) is 0 Å². The number of thioether (sulfide) groups is 1. The summed E-state index contributed by atoms with van der Waals surface area (Å²) in [6.07, 6.45) is 1.57. The van der Waals surface area contributed by atoms with E-state index >= 15 is 0 Å². The Kier molecular flexibility index (Phi) is 5.87. The normalized spacial score (nSPS) is 15.4. The van der Waals surface area contributed by atoms with Crippen LogP contribution in [0.5, 0.6) is 11.5 Å². The number of hydrogen-bond donors (Lipinski definition) is 1. The van der Waals surface area contributed by atoms with E-state index < -0.39 is 10.8 Å². The Balaban J connectivity index is 1.96. The number of benzene rings is 2. The Hall–Kier alpha value is -2.62. The number of non-ortho nitro benzene ring substituents is 1. The Morgan fingerprint density at radius 3 is 2.82 bits per heavy atom. The fourth-order valence-corrected chi connectivity index (χ4v) is 4.05. The lowest BCUT2D eigenvalue weighted by Gasteiger charge is -2.14. The van der Waals surface area contributed by atoms with Crippen molar-refractivity contribution >= 4 is 63.3 Å². The van der Waals surface area contributed by atoms with Crippen molar-refractivity contribution in [1.29, 1.82) is 0 Å². The maximum atomic E-state index is 12.8. The fraction of sp³-hybridized carbons (Fsp3) is 0.111. The van der Waals surface area contributed by atoms with Crippen LogP contribution in [0.3, 0.4) is 0 Å². The summed E-state index contributed by atoms with van der Waals surface area (Å²) >= 11 is 12.4. The third-order valence-corrected chi connectivity index (χ3v) is 5.33. The van der Waals surface area contributed by atoms with E-state index in [1.165, 1.54) is 29.2 Å². The van der Waals surface area contributed by atoms with Crippen molar-refractivity contribution in [2.24, 2.45) is 0 Å². The molecule has 0 saturated carbocycles. The first-order valence-corrected chi connectivity index (χ1v) is 9.59. The Bertz CT molecular complexity index is 1030. The summed E-state index contributed by atoms with van der Waals surface area (Å²) in [4.78, 5) is 24.8. The molecule has 0 radical (unpaired) electrons. The molecule has 2 aromatic rings. The zero-order valence-electron chi connectivity index (χ0n) is 14.4. The molecule has 0 aromatic heterocycles. The van der Waals surface area contributed by atoms with E-state index in [2.05, 4.69) is 0 Å². The van der Waals surface area contributed by atoms with Gasteiger partial charge in [-0.2, -0.15) is 0 Å². The molecule has 10 heteroatoms. The maximum Gasteiger partial charge on any atom is 0.271 e. The first-order chi connectivity index (χ1) is 13.3. The van der Waals surface area contributed by atoms with E-state index in [4.69, 9.17) is 28.6 Å². The number of carbonyl (C=O) groups is 1. The van der Waals surface area contributed by atoms with Gasteiger partial charge in [-0.05, 0) is 36.8 Å². The molecule has 1 aliphatic heterocycles. The average Bonchev–Trinajstić information content (AvgIpc) is 2.93. The quantitative estimate of drug-likeness (QED) is 0.312. The number of nitrogens with zero attached hydrogens (tertiary/aromatic N) is 2. The molecule has 0 spiro atoms. The van der Waals surface area contributed by atoms with Crippen LogP contribution in [0.4, 0.5) is 11.4 Å². The van der Waals surface area contributed by atoms with Crippen LogP contribution in [-0.4, -0.2) is 26.9 Å². The zero-order valence-corrected chi connectivity index (χ0v) is 16.8. The molecular formula is C18H13ClN2O5S2. The number of amides is 1. The molecule has 0 aliphatic carbocycles. The highest BCUT2D eigenvalue weighted by Crippen LogP contribution is 2.39. The van der Waals surface area contributed by atoms with Gasteiger partial charge in [-0.1, -0.05) is 41.6 Å². The molecule has 1 aliphatic rings. The van der Waals surface area contributed by atoms with Gasteiger partial charge < -0.3 is 9.84 Å². The highest BCUT2D eigenvalue weighted by Gasteiger charge is 2.34. The van der Waals surface area contributed by atoms with Crippen LogP contribution in [-0.2, 0) is 4.79 Å². The van der Waals surface area contributed by atoms with Gasteiger partial charge in [0.25, 0.3) is 11.6 Å². The van der Waals surface area contributed by atoms with E-state index in [-0.39, 0.29) is 26.5 Å². The molecule has 28 heavy (non-hydrogen) atoms. The topological polar surface area (TPSA) is 92.9 Å². The highest BCUT2D eigenvalue weighted by molar-refractivity contribution is 8.27. The summed E-state index contributed by atoms with van der Waals surface area (Å²) in [7, 11) is 0. The zero-order chi connectivity index (χ0) is 20.4. The fourth-order valence-electron chi connectivity index (χ4n) is 2.53. The number of phenolic OH excluding ortho intramolecular Hbond substituents is 1. The average molecular weight is 437 g/mol. The van der Waals surface area contributed by atoms with Crippen LogP contribution >= 0.6 is 35.6 Å². The summed E-state index contributed by atoms with van der Waals surface area (Å²) in [6.45, 7) is 2.10. The summed E-state index contributed by atoms with van der Waals surface area (Å²) in [5.41, 5.74) is 0.729. The van der Waals surface area contributed by atoms with E-state index in [1.54, 1.807) is 25.1 Å². The molecule has 1 saturated heterocycles. The summed E-state index contributed by atoms with van der Waals surface area (Å²) < 4.78 is 5.60. The molecule has 144 valence electrons. The molecule has 1 amide bonds. The summed E-state index contributed by atoms with van der Waals surface area (Å²) in [6, 6.07) is 8.75. The number of ether oxygens (including phenoxy) is 1. The minimum absolute atomic E-state index is 0.0892. The van der Waals surface area contributed by atoms with E-state index in [0.717, 1.165) is 11.8 Å². The van der Waals surface area contributed by atoms with E-state index in [0.29, 0.717) is 22.8 Å². The van der Waals surface area contributed by atoms with Crippen LogP contribution < -0.4 is 9.64 Å². The minimum atomic E-state index is -0.537. The Labute approximate surface area is 174 Å². The number of nitro benzene ring substituents is 1. The summed E-state index contributed by atoms with van der Waals surface area (Å²) in [5.74, 6) is -0.377. The lowest BCUT2D eigenvalue weighted by Crippen LogP contribution is -2.27. The van der Waals surface area contributed by atoms with Gasteiger partial charge in [-0.3, -0.25) is 19.8 Å². The van der Waals surface area contributed by atoms with Crippen LogP contribution in [0.1, 0.15) is 12.5 Å². The monoisotopic (exact) mass is 436 g/mol. The second kappa shape index (κ2) is 8.17. The van der Waals surface area contributed by atoms with Crippen molar-refractivity contribution in [1.82, 2.24) is 0 Å². The van der Waals surface area contributed by atoms with Gasteiger partial charge in [0.05, 0.1) is 27.1 Å². The number of nitro groups is 1. The van der Waals surface area contributed by atoms with E-state index in [1.807, 2.05) is 0 Å². The van der Waals surface area contributed by atoms with Gasteiger partial charge in [0.2, 0.25) is 0 Å². The molecule has 1 N–H and O–H groups in total. The number of aromatic hydroxyl groups is 1. The molecule has 1 heterocycles. The number of hydrogen-bond acceptors (Lipinski definition) is 7. The third kappa shape index (κ3) is 3.96. The second-order valence-corrected chi connectivity index (χ2v) is 7.66. The van der Waals surface area contributed by atoms with Crippen molar-refractivity contribution in [3.63, 3.8) is 0 Å². The smallest absolute Gasteiger partial charge is 0.271 e. The van der Waals surface area contributed by atoms with Crippen molar-refractivity contribution in [2.45, 2.75) is 6.92 Å². The van der Waals surface area contributed by atoms with Crippen LogP contribution in [0.15, 0.2) is 41.3 Å².